The van der Waals surface area contributed by atoms with Gasteiger partial charge in [-0.2, -0.15) is 0 Å². The molecule has 1 atom stereocenters. The third-order valence-electron chi connectivity index (χ3n) is 3.73. The van der Waals surface area contributed by atoms with Gasteiger partial charge in [0.05, 0.1) is 13.7 Å². The summed E-state index contributed by atoms with van der Waals surface area (Å²) < 4.78 is 5.39. The summed E-state index contributed by atoms with van der Waals surface area (Å²) >= 11 is 0. The highest BCUT2D eigenvalue weighted by atomic mass is 16.5. The number of benzene rings is 1. The Hall–Kier alpha value is -1.06. The Balaban J connectivity index is 2.07. The van der Waals surface area contributed by atoms with Crippen LogP contribution in [0.15, 0.2) is 24.3 Å². The largest absolute Gasteiger partial charge is 0.496 e. The van der Waals surface area contributed by atoms with Gasteiger partial charge in [0, 0.05) is 18.0 Å². The molecule has 1 heterocycles. The molecule has 3 heteroatoms. The molecule has 18 heavy (non-hydrogen) atoms. The number of likely N-dealkylation sites (tertiary alicyclic amines) is 1. The van der Waals surface area contributed by atoms with Crippen LogP contribution in [0.4, 0.5) is 0 Å². The van der Waals surface area contributed by atoms with Gasteiger partial charge in [-0.1, -0.05) is 24.6 Å². The van der Waals surface area contributed by atoms with E-state index in [0.717, 1.165) is 30.9 Å². The molecule has 1 aromatic rings. The van der Waals surface area contributed by atoms with Crippen molar-refractivity contribution in [3.05, 3.63) is 29.8 Å². The maximum Gasteiger partial charge on any atom is 0.122 e. The summed E-state index contributed by atoms with van der Waals surface area (Å²) in [6.45, 7) is 3.42. The lowest BCUT2D eigenvalue weighted by Gasteiger charge is -2.30. The molecule has 100 valence electrons. The van der Waals surface area contributed by atoms with Gasteiger partial charge in [0.1, 0.15) is 5.75 Å². The average molecular weight is 249 g/mol. The van der Waals surface area contributed by atoms with Crippen LogP contribution in [0, 0.1) is 0 Å². The highest BCUT2D eigenvalue weighted by Crippen LogP contribution is 2.27. The molecule has 1 N–H and O–H groups in total. The molecule has 3 nitrogen and oxygen atoms in total. The topological polar surface area (TPSA) is 32.7 Å². The molecule has 0 radical (unpaired) electrons. The van der Waals surface area contributed by atoms with Crippen LogP contribution in [-0.2, 0) is 0 Å². The zero-order valence-corrected chi connectivity index (χ0v) is 11.1. The van der Waals surface area contributed by atoms with Crippen LogP contribution < -0.4 is 4.74 Å². The van der Waals surface area contributed by atoms with Crippen molar-refractivity contribution in [2.24, 2.45) is 0 Å². The second kappa shape index (κ2) is 6.76. The molecule has 0 saturated carbocycles. The van der Waals surface area contributed by atoms with E-state index >= 15 is 0 Å². The second-order valence-corrected chi connectivity index (χ2v) is 4.98. The van der Waals surface area contributed by atoms with Crippen LogP contribution >= 0.6 is 0 Å². The molecule has 1 saturated heterocycles. The normalized spacial score (nSPS) is 18.6. The molecule has 1 fully saturated rings. The standard InChI is InChI=1S/C15H23NO2/c1-18-15-8-4-3-7-14(15)13(12-17)11-16-9-5-2-6-10-16/h3-4,7-8,13,17H,2,5-6,9-12H2,1H3. The van der Waals surface area contributed by atoms with Crippen molar-refractivity contribution >= 4 is 0 Å². The van der Waals surface area contributed by atoms with Crippen LogP contribution in [0.25, 0.3) is 0 Å². The third kappa shape index (κ3) is 3.24. The van der Waals surface area contributed by atoms with Gasteiger partial charge < -0.3 is 14.7 Å². The van der Waals surface area contributed by atoms with Crippen LogP contribution in [-0.4, -0.2) is 43.4 Å². The molecule has 1 unspecified atom stereocenters. The van der Waals surface area contributed by atoms with Crippen molar-refractivity contribution < 1.29 is 9.84 Å². The summed E-state index contributed by atoms with van der Waals surface area (Å²) in [7, 11) is 1.69. The zero-order chi connectivity index (χ0) is 12.8. The number of methoxy groups -OCH3 is 1. The van der Waals surface area contributed by atoms with E-state index in [1.165, 1.54) is 19.3 Å². The summed E-state index contributed by atoms with van der Waals surface area (Å²) in [5, 5.41) is 9.65. The minimum absolute atomic E-state index is 0.152. The molecule has 0 spiro atoms. The summed E-state index contributed by atoms with van der Waals surface area (Å²) in [6, 6.07) is 8.01. The highest BCUT2D eigenvalue weighted by molar-refractivity contribution is 5.36. The smallest absolute Gasteiger partial charge is 0.122 e. The first-order valence-electron chi connectivity index (χ1n) is 6.81. The number of ether oxygens (including phenoxy) is 1. The first-order valence-corrected chi connectivity index (χ1v) is 6.81. The molecule has 0 amide bonds. The van der Waals surface area contributed by atoms with Crippen molar-refractivity contribution in [3.63, 3.8) is 0 Å². The number of hydrogen-bond acceptors (Lipinski definition) is 3. The second-order valence-electron chi connectivity index (χ2n) is 4.98. The molecule has 0 aromatic heterocycles. The van der Waals surface area contributed by atoms with E-state index in [0.29, 0.717) is 0 Å². The first-order chi connectivity index (χ1) is 8.85. The van der Waals surface area contributed by atoms with Gasteiger partial charge in [0.15, 0.2) is 0 Å². The Kier molecular flexibility index (Phi) is 5.02. The van der Waals surface area contributed by atoms with E-state index in [2.05, 4.69) is 11.0 Å². The lowest BCUT2D eigenvalue weighted by atomic mass is 9.97. The zero-order valence-electron chi connectivity index (χ0n) is 11.1. The monoisotopic (exact) mass is 249 g/mol. The Labute approximate surface area is 109 Å². The third-order valence-corrected chi connectivity index (χ3v) is 3.73. The van der Waals surface area contributed by atoms with E-state index in [1.54, 1.807) is 7.11 Å². The maximum atomic E-state index is 9.65. The molecule has 0 aliphatic carbocycles. The number of aliphatic hydroxyl groups is 1. The van der Waals surface area contributed by atoms with Crippen molar-refractivity contribution in [3.8, 4) is 5.75 Å². The van der Waals surface area contributed by atoms with Gasteiger partial charge in [-0.25, -0.2) is 0 Å². The van der Waals surface area contributed by atoms with E-state index in [1.807, 2.05) is 18.2 Å². The number of piperidine rings is 1. The molecule has 0 bridgehead atoms. The van der Waals surface area contributed by atoms with Gasteiger partial charge in [0.2, 0.25) is 0 Å². The van der Waals surface area contributed by atoms with Gasteiger partial charge in [-0.05, 0) is 32.0 Å². The predicted molar refractivity (Wildman–Crippen MR) is 73.1 cm³/mol. The fraction of sp³-hybridized carbons (Fsp3) is 0.600. The van der Waals surface area contributed by atoms with E-state index in [-0.39, 0.29) is 12.5 Å². The summed E-state index contributed by atoms with van der Waals surface area (Å²) in [5.74, 6) is 1.04. The predicted octanol–water partition coefficient (Wildman–Crippen LogP) is 2.26. The van der Waals surface area contributed by atoms with Crippen molar-refractivity contribution in [2.75, 3.05) is 33.4 Å². The maximum absolute atomic E-state index is 9.65. The average Bonchev–Trinajstić information content (AvgIpc) is 2.46. The summed E-state index contributed by atoms with van der Waals surface area (Å²) in [4.78, 5) is 2.46. The Morgan fingerprint density at radius 1 is 1.22 bits per heavy atom. The SMILES string of the molecule is COc1ccccc1C(CO)CN1CCCCC1. The van der Waals surface area contributed by atoms with E-state index in [9.17, 15) is 5.11 Å². The van der Waals surface area contributed by atoms with Crippen LogP contribution in [0.3, 0.4) is 0 Å². The van der Waals surface area contributed by atoms with Crippen LogP contribution in [0.1, 0.15) is 30.7 Å². The minimum Gasteiger partial charge on any atom is -0.496 e. The van der Waals surface area contributed by atoms with Gasteiger partial charge in [-0.3, -0.25) is 0 Å². The molecular weight excluding hydrogens is 226 g/mol. The summed E-state index contributed by atoms with van der Waals surface area (Å²) in [6.07, 6.45) is 3.91. The van der Waals surface area contributed by atoms with Crippen molar-refractivity contribution in [1.82, 2.24) is 4.90 Å². The molecule has 2 rings (SSSR count). The number of rotatable bonds is 5. The van der Waals surface area contributed by atoms with Gasteiger partial charge >= 0.3 is 0 Å². The first kappa shape index (κ1) is 13.4. The Bertz CT molecular complexity index is 361. The van der Waals surface area contributed by atoms with Crippen LogP contribution in [0.5, 0.6) is 5.75 Å². The number of aliphatic hydroxyl groups excluding tert-OH is 1. The molecule has 1 aliphatic rings. The molecule has 1 aromatic carbocycles. The highest BCUT2D eigenvalue weighted by Gasteiger charge is 2.19. The van der Waals surface area contributed by atoms with Crippen LogP contribution in [0.2, 0.25) is 0 Å². The van der Waals surface area contributed by atoms with Gasteiger partial charge in [0.25, 0.3) is 0 Å². The number of para-hydroxylation sites is 1. The van der Waals surface area contributed by atoms with E-state index in [4.69, 9.17) is 4.74 Å². The van der Waals surface area contributed by atoms with Gasteiger partial charge in [-0.15, -0.1) is 0 Å². The van der Waals surface area contributed by atoms with Crippen molar-refractivity contribution in [2.45, 2.75) is 25.2 Å². The fourth-order valence-corrected chi connectivity index (χ4v) is 2.71. The van der Waals surface area contributed by atoms with E-state index < -0.39 is 0 Å². The van der Waals surface area contributed by atoms with Crippen molar-refractivity contribution in [1.29, 1.82) is 0 Å². The fourth-order valence-electron chi connectivity index (χ4n) is 2.71. The number of hydrogen-bond donors (Lipinski definition) is 1. The summed E-state index contributed by atoms with van der Waals surface area (Å²) in [5.41, 5.74) is 1.12. The Morgan fingerprint density at radius 2 is 1.94 bits per heavy atom. The minimum atomic E-state index is 0.152. The number of nitrogens with zero attached hydrogens (tertiary/aromatic N) is 1. The lowest BCUT2D eigenvalue weighted by Crippen LogP contribution is -2.34. The Morgan fingerprint density at radius 3 is 2.61 bits per heavy atom. The quantitative estimate of drug-likeness (QED) is 0.869. The molecular formula is C15H23NO2. The molecule has 1 aliphatic heterocycles. The lowest BCUT2D eigenvalue weighted by molar-refractivity contribution is 0.177.